The van der Waals surface area contributed by atoms with Crippen molar-refractivity contribution in [3.63, 3.8) is 0 Å². The first-order valence-electron chi connectivity index (χ1n) is 11.0. The Kier molecular flexibility index (Phi) is 6.85. The average Bonchev–Trinajstić information content (AvgIpc) is 3.37. The van der Waals surface area contributed by atoms with Gasteiger partial charge in [-0.3, -0.25) is 14.9 Å². The molecule has 3 aromatic rings. The Hall–Kier alpha value is -2.68. The van der Waals surface area contributed by atoms with Gasteiger partial charge >= 0.3 is 0 Å². The van der Waals surface area contributed by atoms with E-state index in [1.54, 1.807) is 24.3 Å². The predicted molar refractivity (Wildman–Crippen MR) is 141 cm³/mol. The molecule has 34 heavy (non-hydrogen) atoms. The number of nitrogens with one attached hydrogen (secondary N) is 2. The van der Waals surface area contributed by atoms with Gasteiger partial charge in [0.1, 0.15) is 10.8 Å². The van der Waals surface area contributed by atoms with Crippen molar-refractivity contribution < 1.29 is 14.0 Å². The molecular formula is C25H26ClN3O3S2. The molecule has 0 spiro atoms. The Bertz CT molecular complexity index is 1260. The molecule has 6 nitrogen and oxygen atoms in total. The number of anilines is 1. The van der Waals surface area contributed by atoms with Crippen LogP contribution in [0.1, 0.15) is 58.5 Å². The monoisotopic (exact) mass is 515 g/mol. The number of furan rings is 1. The molecule has 0 saturated heterocycles. The first-order valence-corrected chi connectivity index (χ1v) is 12.6. The van der Waals surface area contributed by atoms with Crippen LogP contribution in [0.4, 0.5) is 5.00 Å². The summed E-state index contributed by atoms with van der Waals surface area (Å²) < 4.78 is 5.68. The highest BCUT2D eigenvalue weighted by Gasteiger charge is 2.33. The Morgan fingerprint density at radius 2 is 1.88 bits per heavy atom. The van der Waals surface area contributed by atoms with Crippen molar-refractivity contribution >= 4 is 57.1 Å². The van der Waals surface area contributed by atoms with E-state index in [4.69, 9.17) is 34.0 Å². The topological polar surface area (TPSA) is 97.4 Å². The van der Waals surface area contributed by atoms with Crippen LogP contribution in [0.25, 0.3) is 11.3 Å². The summed E-state index contributed by atoms with van der Waals surface area (Å²) in [6, 6.07) is 10.4. The second-order valence-electron chi connectivity index (χ2n) is 9.46. The van der Waals surface area contributed by atoms with Crippen LogP contribution in [0.15, 0.2) is 40.8 Å². The van der Waals surface area contributed by atoms with E-state index >= 15 is 0 Å². The minimum atomic E-state index is -0.498. The second kappa shape index (κ2) is 9.52. The first kappa shape index (κ1) is 24.4. The lowest BCUT2D eigenvalue weighted by Crippen LogP contribution is -2.34. The molecule has 2 heterocycles. The van der Waals surface area contributed by atoms with E-state index in [1.807, 2.05) is 12.1 Å². The van der Waals surface area contributed by atoms with Crippen LogP contribution >= 0.6 is 35.2 Å². The van der Waals surface area contributed by atoms with E-state index in [1.165, 1.54) is 11.3 Å². The Labute approximate surface area is 212 Å². The van der Waals surface area contributed by atoms with Crippen LogP contribution in [0.3, 0.4) is 0 Å². The van der Waals surface area contributed by atoms with Gasteiger partial charge in [-0.1, -0.05) is 32.4 Å². The Balaban J connectivity index is 1.47. The van der Waals surface area contributed by atoms with Crippen molar-refractivity contribution in [1.82, 2.24) is 5.32 Å². The summed E-state index contributed by atoms with van der Waals surface area (Å²) in [6.45, 7) is 6.71. The maximum atomic E-state index is 12.7. The van der Waals surface area contributed by atoms with Gasteiger partial charge in [-0.25, -0.2) is 0 Å². The van der Waals surface area contributed by atoms with E-state index in [9.17, 15) is 9.59 Å². The molecule has 2 amide bonds. The van der Waals surface area contributed by atoms with Gasteiger partial charge in [0.15, 0.2) is 10.9 Å². The summed E-state index contributed by atoms with van der Waals surface area (Å²) in [5, 5.41) is 6.88. The second-order valence-corrected chi connectivity index (χ2v) is 11.4. The third-order valence-electron chi connectivity index (χ3n) is 6.15. The van der Waals surface area contributed by atoms with Crippen LogP contribution in [0.2, 0.25) is 5.02 Å². The van der Waals surface area contributed by atoms with Crippen molar-refractivity contribution in [1.29, 1.82) is 0 Å². The number of amides is 2. The largest absolute Gasteiger partial charge is 0.451 e. The summed E-state index contributed by atoms with van der Waals surface area (Å²) >= 11 is 12.8. The van der Waals surface area contributed by atoms with Crippen LogP contribution in [0.5, 0.6) is 0 Å². The lowest BCUT2D eigenvalue weighted by molar-refractivity contribution is 0.0950. The maximum Gasteiger partial charge on any atom is 0.293 e. The third kappa shape index (κ3) is 5.19. The number of hydrogen-bond donors (Lipinski definition) is 3. The number of benzene rings is 1. The van der Waals surface area contributed by atoms with Crippen LogP contribution in [-0.2, 0) is 12.8 Å². The van der Waals surface area contributed by atoms with Gasteiger partial charge in [0.25, 0.3) is 11.8 Å². The highest BCUT2D eigenvalue weighted by atomic mass is 35.5. The van der Waals surface area contributed by atoms with Gasteiger partial charge in [0, 0.05) is 15.5 Å². The zero-order chi connectivity index (χ0) is 24.6. The van der Waals surface area contributed by atoms with Crippen molar-refractivity contribution in [3.05, 3.63) is 63.2 Å². The van der Waals surface area contributed by atoms with Gasteiger partial charge in [-0.2, -0.15) is 0 Å². The summed E-state index contributed by atoms with van der Waals surface area (Å²) in [5.41, 5.74) is 8.15. The predicted octanol–water partition coefficient (Wildman–Crippen LogP) is 6.04. The molecule has 0 aliphatic heterocycles. The fourth-order valence-corrected chi connectivity index (χ4v) is 5.92. The molecule has 4 N–H and O–H groups in total. The maximum absolute atomic E-state index is 12.7. The number of nitrogens with two attached hydrogens (primary N) is 1. The molecule has 1 unspecified atom stereocenters. The van der Waals surface area contributed by atoms with E-state index in [0.29, 0.717) is 27.3 Å². The van der Waals surface area contributed by atoms with Gasteiger partial charge in [-0.05, 0) is 84.8 Å². The zero-order valence-electron chi connectivity index (χ0n) is 19.2. The van der Waals surface area contributed by atoms with Crippen LogP contribution in [-0.4, -0.2) is 16.9 Å². The molecule has 1 aliphatic rings. The molecular weight excluding hydrogens is 490 g/mol. The van der Waals surface area contributed by atoms with E-state index in [0.717, 1.165) is 35.3 Å². The minimum absolute atomic E-state index is 0.0721. The number of hydrogen-bond acceptors (Lipinski definition) is 5. The summed E-state index contributed by atoms with van der Waals surface area (Å²) in [5.74, 6) is 0.181. The standard InChI is InChI=1S/C25H26ClN3O3S2/c1-25(2,3)14-6-9-16-19(12-14)34-23(20(16)21(27)30)29-24(33)28-22(31)18-11-10-17(32-18)13-4-7-15(26)8-5-13/h4-5,7-8,10-11,14H,6,9,12H2,1-3H3,(H2,27,30)(H2,28,29,31,33). The van der Waals surface area contributed by atoms with E-state index < -0.39 is 11.8 Å². The molecule has 0 fully saturated rings. The number of halogens is 1. The number of thiophene rings is 1. The van der Waals surface area contributed by atoms with Crippen molar-refractivity contribution in [3.8, 4) is 11.3 Å². The fourth-order valence-electron chi connectivity index (χ4n) is 4.20. The molecule has 4 rings (SSSR count). The Morgan fingerprint density at radius 1 is 1.18 bits per heavy atom. The SMILES string of the molecule is CC(C)(C)C1CCc2c(sc(NC(=S)NC(=O)c3ccc(-c4ccc(Cl)cc4)o3)c2C(N)=O)C1. The highest BCUT2D eigenvalue weighted by Crippen LogP contribution is 2.44. The lowest BCUT2D eigenvalue weighted by Gasteiger charge is -2.33. The number of carbonyl (C=O) groups excluding carboxylic acids is 2. The normalized spacial score (nSPS) is 15.5. The fraction of sp³-hybridized carbons (Fsp3) is 0.320. The highest BCUT2D eigenvalue weighted by molar-refractivity contribution is 7.80. The molecule has 1 atom stereocenters. The quantitative estimate of drug-likeness (QED) is 0.368. The number of carbonyl (C=O) groups is 2. The molecule has 2 aromatic heterocycles. The first-order chi connectivity index (χ1) is 16.0. The molecule has 0 saturated carbocycles. The molecule has 9 heteroatoms. The van der Waals surface area contributed by atoms with Gasteiger partial charge < -0.3 is 15.5 Å². The molecule has 0 radical (unpaired) electrons. The minimum Gasteiger partial charge on any atom is -0.451 e. The number of thiocarbonyl (C=S) groups is 1. The number of fused-ring (bicyclic) bond motifs is 1. The van der Waals surface area contributed by atoms with E-state index in [-0.39, 0.29) is 16.3 Å². The molecule has 178 valence electrons. The lowest BCUT2D eigenvalue weighted by atomic mass is 9.72. The molecule has 1 aliphatic carbocycles. The van der Waals surface area contributed by atoms with Crippen molar-refractivity contribution in [2.24, 2.45) is 17.1 Å². The Morgan fingerprint density at radius 3 is 2.53 bits per heavy atom. The third-order valence-corrected chi connectivity index (χ3v) is 7.77. The molecule has 0 bridgehead atoms. The summed E-state index contributed by atoms with van der Waals surface area (Å²) in [6.07, 6.45) is 2.69. The summed E-state index contributed by atoms with van der Waals surface area (Å²) in [4.78, 5) is 26.1. The van der Waals surface area contributed by atoms with Crippen LogP contribution < -0.4 is 16.4 Å². The number of rotatable bonds is 4. The summed E-state index contributed by atoms with van der Waals surface area (Å²) in [7, 11) is 0. The zero-order valence-corrected chi connectivity index (χ0v) is 21.5. The van der Waals surface area contributed by atoms with Gasteiger partial charge in [-0.15, -0.1) is 11.3 Å². The van der Waals surface area contributed by atoms with Gasteiger partial charge in [0.05, 0.1) is 5.56 Å². The number of primary amides is 1. The van der Waals surface area contributed by atoms with E-state index in [2.05, 4.69) is 31.4 Å². The average molecular weight is 516 g/mol. The van der Waals surface area contributed by atoms with Crippen molar-refractivity contribution in [2.75, 3.05) is 5.32 Å². The van der Waals surface area contributed by atoms with Crippen molar-refractivity contribution in [2.45, 2.75) is 40.0 Å². The smallest absolute Gasteiger partial charge is 0.293 e. The molecule has 1 aromatic carbocycles. The van der Waals surface area contributed by atoms with Gasteiger partial charge in [0.2, 0.25) is 0 Å². The van der Waals surface area contributed by atoms with Crippen LogP contribution in [0, 0.1) is 11.3 Å².